The van der Waals surface area contributed by atoms with Crippen LogP contribution < -0.4 is 10.2 Å². The highest BCUT2D eigenvalue weighted by Gasteiger charge is 2.36. The molecule has 2 aromatic rings. The average Bonchev–Trinajstić information content (AvgIpc) is 3.05. The number of nitrogens with one attached hydrogen (secondary N) is 1. The van der Waals surface area contributed by atoms with Gasteiger partial charge in [0.1, 0.15) is 0 Å². The number of hydrogen-bond acceptors (Lipinski definition) is 3. The summed E-state index contributed by atoms with van der Waals surface area (Å²) >= 11 is 12.3. The van der Waals surface area contributed by atoms with E-state index in [1.807, 2.05) is 0 Å². The molecule has 3 amide bonds. The quantitative estimate of drug-likeness (QED) is 0.821. The Hall–Kier alpha value is -2.57. The van der Waals surface area contributed by atoms with E-state index < -0.39 is 5.92 Å². The van der Waals surface area contributed by atoms with E-state index in [4.69, 9.17) is 23.2 Å². The summed E-state index contributed by atoms with van der Waals surface area (Å²) in [5.41, 5.74) is 1.33. The van der Waals surface area contributed by atoms with Crippen LogP contribution in [-0.4, -0.2) is 43.3 Å². The predicted molar refractivity (Wildman–Crippen MR) is 110 cm³/mol. The van der Waals surface area contributed by atoms with Crippen LogP contribution in [0.3, 0.4) is 0 Å². The van der Waals surface area contributed by atoms with Gasteiger partial charge in [-0.1, -0.05) is 35.3 Å². The first-order chi connectivity index (χ1) is 13.3. The molecule has 8 heteroatoms. The monoisotopic (exact) mass is 419 g/mol. The molecule has 0 bridgehead atoms. The maximum Gasteiger partial charge on any atom is 0.253 e. The van der Waals surface area contributed by atoms with Crippen LogP contribution in [0, 0.1) is 5.92 Å². The summed E-state index contributed by atoms with van der Waals surface area (Å²) in [6.07, 6.45) is 0.0744. The summed E-state index contributed by atoms with van der Waals surface area (Å²) < 4.78 is 0. The highest BCUT2D eigenvalue weighted by atomic mass is 35.5. The van der Waals surface area contributed by atoms with Gasteiger partial charge in [0.05, 0.1) is 27.3 Å². The van der Waals surface area contributed by atoms with Crippen molar-refractivity contribution in [3.8, 4) is 0 Å². The second-order valence-electron chi connectivity index (χ2n) is 6.74. The second kappa shape index (κ2) is 8.20. The molecule has 3 rings (SSSR count). The number of hydrogen-bond donors (Lipinski definition) is 1. The minimum atomic E-state index is -0.548. The summed E-state index contributed by atoms with van der Waals surface area (Å²) in [5, 5.41) is 3.51. The van der Waals surface area contributed by atoms with Crippen LogP contribution in [0.25, 0.3) is 0 Å². The Labute approximate surface area is 173 Å². The van der Waals surface area contributed by atoms with Gasteiger partial charge < -0.3 is 15.1 Å². The summed E-state index contributed by atoms with van der Waals surface area (Å²) in [6.45, 7) is 0.225. The molecule has 1 atom stereocenters. The standard InChI is InChI=1S/C20H19Cl2N3O3/c1-24(2)20(28)12-7-8-14(21)16(9-12)23-19(27)13-10-18(26)25(11-13)17-6-4-3-5-15(17)22/h3-9,13H,10-11H2,1-2H3,(H,23,27)/t13-/m0/s1. The van der Waals surface area contributed by atoms with Gasteiger partial charge >= 0.3 is 0 Å². The first-order valence-corrected chi connectivity index (χ1v) is 9.40. The van der Waals surface area contributed by atoms with Gasteiger partial charge in [-0.25, -0.2) is 0 Å². The molecule has 0 spiro atoms. The molecule has 6 nitrogen and oxygen atoms in total. The first-order valence-electron chi connectivity index (χ1n) is 8.65. The van der Waals surface area contributed by atoms with Crippen molar-refractivity contribution < 1.29 is 14.4 Å². The van der Waals surface area contributed by atoms with Crippen molar-refractivity contribution in [3.05, 3.63) is 58.1 Å². The van der Waals surface area contributed by atoms with Gasteiger partial charge in [0.15, 0.2) is 0 Å². The lowest BCUT2D eigenvalue weighted by Gasteiger charge is -2.18. The van der Waals surface area contributed by atoms with Crippen LogP contribution in [0.1, 0.15) is 16.8 Å². The molecule has 1 aliphatic heterocycles. The third-order valence-electron chi connectivity index (χ3n) is 4.52. The molecule has 0 saturated carbocycles. The van der Waals surface area contributed by atoms with E-state index in [9.17, 15) is 14.4 Å². The van der Waals surface area contributed by atoms with Crippen LogP contribution in [0.4, 0.5) is 11.4 Å². The first kappa shape index (κ1) is 20.2. The maximum absolute atomic E-state index is 12.7. The maximum atomic E-state index is 12.7. The zero-order valence-corrected chi connectivity index (χ0v) is 16.9. The third-order valence-corrected chi connectivity index (χ3v) is 5.17. The Kier molecular flexibility index (Phi) is 5.91. The van der Waals surface area contributed by atoms with Crippen LogP contribution in [0.2, 0.25) is 10.0 Å². The van der Waals surface area contributed by atoms with Crippen LogP contribution >= 0.6 is 23.2 Å². The molecule has 1 heterocycles. The fraction of sp³-hybridized carbons (Fsp3) is 0.250. The second-order valence-corrected chi connectivity index (χ2v) is 7.55. The lowest BCUT2D eigenvalue weighted by molar-refractivity contribution is -0.122. The van der Waals surface area contributed by atoms with Crippen LogP contribution in [0.15, 0.2) is 42.5 Å². The number of benzene rings is 2. The smallest absolute Gasteiger partial charge is 0.253 e. The predicted octanol–water partition coefficient (Wildman–Crippen LogP) is 3.69. The molecule has 1 aliphatic rings. The summed E-state index contributed by atoms with van der Waals surface area (Å²) in [4.78, 5) is 40.2. The lowest BCUT2D eigenvalue weighted by atomic mass is 10.1. The van der Waals surface area contributed by atoms with E-state index in [-0.39, 0.29) is 30.7 Å². The van der Waals surface area contributed by atoms with Crippen molar-refractivity contribution in [3.63, 3.8) is 0 Å². The topological polar surface area (TPSA) is 69.7 Å². The Balaban J connectivity index is 1.76. The molecule has 0 radical (unpaired) electrons. The molecule has 0 aliphatic carbocycles. The molecular weight excluding hydrogens is 401 g/mol. The fourth-order valence-electron chi connectivity index (χ4n) is 3.03. The van der Waals surface area contributed by atoms with Crippen molar-refractivity contribution in [2.75, 3.05) is 30.9 Å². The summed E-state index contributed by atoms with van der Waals surface area (Å²) in [5.74, 6) is -1.25. The van der Waals surface area contributed by atoms with Gasteiger partial charge in [0, 0.05) is 32.6 Å². The fourth-order valence-corrected chi connectivity index (χ4v) is 3.44. The van der Waals surface area contributed by atoms with Gasteiger partial charge in [-0.15, -0.1) is 0 Å². The highest BCUT2D eigenvalue weighted by molar-refractivity contribution is 6.34. The van der Waals surface area contributed by atoms with Gasteiger partial charge in [0.2, 0.25) is 11.8 Å². The SMILES string of the molecule is CN(C)C(=O)c1ccc(Cl)c(NC(=O)[C@H]2CC(=O)N(c3ccccc3Cl)C2)c1. The highest BCUT2D eigenvalue weighted by Crippen LogP contribution is 2.32. The zero-order valence-electron chi connectivity index (χ0n) is 15.4. The molecule has 1 N–H and O–H groups in total. The van der Waals surface area contributed by atoms with Gasteiger partial charge in [-0.3, -0.25) is 14.4 Å². The number of amides is 3. The normalized spacial score (nSPS) is 16.2. The molecule has 1 fully saturated rings. The molecule has 146 valence electrons. The largest absolute Gasteiger partial charge is 0.345 e. The van der Waals surface area contributed by atoms with E-state index in [0.29, 0.717) is 27.0 Å². The Morgan fingerprint density at radius 1 is 1.11 bits per heavy atom. The van der Waals surface area contributed by atoms with Crippen molar-refractivity contribution in [1.29, 1.82) is 0 Å². The third kappa shape index (κ3) is 4.13. The molecule has 0 aromatic heterocycles. The number of para-hydroxylation sites is 1. The van der Waals surface area contributed by atoms with Crippen molar-refractivity contribution in [2.45, 2.75) is 6.42 Å². The number of anilines is 2. The minimum absolute atomic E-state index is 0.0744. The number of carbonyl (C=O) groups excluding carboxylic acids is 3. The minimum Gasteiger partial charge on any atom is -0.345 e. The van der Waals surface area contributed by atoms with Crippen molar-refractivity contribution in [2.24, 2.45) is 5.92 Å². The molecule has 2 aromatic carbocycles. The lowest BCUT2D eigenvalue weighted by Crippen LogP contribution is -2.28. The van der Waals surface area contributed by atoms with Gasteiger partial charge in [-0.05, 0) is 30.3 Å². The van der Waals surface area contributed by atoms with E-state index in [2.05, 4.69) is 5.32 Å². The van der Waals surface area contributed by atoms with Crippen molar-refractivity contribution >= 4 is 52.3 Å². The van der Waals surface area contributed by atoms with Crippen LogP contribution in [0.5, 0.6) is 0 Å². The Morgan fingerprint density at radius 3 is 2.50 bits per heavy atom. The molecule has 1 saturated heterocycles. The zero-order chi connectivity index (χ0) is 20.4. The van der Waals surface area contributed by atoms with E-state index in [0.717, 1.165) is 0 Å². The van der Waals surface area contributed by atoms with E-state index >= 15 is 0 Å². The van der Waals surface area contributed by atoms with Gasteiger partial charge in [0.25, 0.3) is 5.91 Å². The summed E-state index contributed by atoms with van der Waals surface area (Å²) in [6, 6.07) is 11.7. The number of nitrogens with zero attached hydrogens (tertiary/aromatic N) is 2. The van der Waals surface area contributed by atoms with Crippen LogP contribution in [-0.2, 0) is 9.59 Å². The molecular formula is C20H19Cl2N3O3. The van der Waals surface area contributed by atoms with Crippen molar-refractivity contribution in [1.82, 2.24) is 4.90 Å². The molecule has 0 unspecified atom stereocenters. The Morgan fingerprint density at radius 2 is 1.82 bits per heavy atom. The van der Waals surface area contributed by atoms with Gasteiger partial charge in [-0.2, -0.15) is 0 Å². The molecule has 28 heavy (non-hydrogen) atoms. The number of halogens is 2. The van der Waals surface area contributed by atoms with E-state index in [1.54, 1.807) is 50.5 Å². The number of carbonyl (C=O) groups is 3. The Bertz CT molecular complexity index is 946. The summed E-state index contributed by atoms with van der Waals surface area (Å²) in [7, 11) is 3.28. The number of rotatable bonds is 4. The van der Waals surface area contributed by atoms with E-state index in [1.165, 1.54) is 15.9 Å². The average molecular weight is 420 g/mol.